The summed E-state index contributed by atoms with van der Waals surface area (Å²) < 4.78 is 0. The van der Waals surface area contributed by atoms with E-state index in [1.165, 1.54) is 16.7 Å². The molecule has 0 spiro atoms. The van der Waals surface area contributed by atoms with E-state index in [0.29, 0.717) is 44.5 Å². The van der Waals surface area contributed by atoms with Gasteiger partial charge in [0.05, 0.1) is 6.04 Å². The van der Waals surface area contributed by atoms with Gasteiger partial charge in [0.25, 0.3) is 0 Å². The molecule has 2 rings (SSSR count). The van der Waals surface area contributed by atoms with Crippen molar-refractivity contribution in [1.29, 1.82) is 0 Å². The van der Waals surface area contributed by atoms with Gasteiger partial charge in [-0.3, -0.25) is 14.4 Å². The zero-order chi connectivity index (χ0) is 26.5. The highest BCUT2D eigenvalue weighted by molar-refractivity contribution is 7.98. The number of benzene rings is 1. The molecule has 36 heavy (non-hydrogen) atoms. The number of aliphatic carboxylic acids is 1. The highest BCUT2D eigenvalue weighted by Gasteiger charge is 2.39. The third-order valence-electron chi connectivity index (χ3n) is 6.27. The number of hydrogen-bond acceptors (Lipinski definition) is 7. The van der Waals surface area contributed by atoms with Crippen LogP contribution in [0, 0.1) is 0 Å². The molecule has 4 unspecified atom stereocenters. The Morgan fingerprint density at radius 3 is 2.47 bits per heavy atom. The molecule has 1 fully saturated rings. The maximum atomic E-state index is 13.6. The van der Waals surface area contributed by atoms with Crippen molar-refractivity contribution in [3.05, 3.63) is 35.9 Å². The topological polar surface area (TPSA) is 168 Å². The third kappa shape index (κ3) is 9.11. The van der Waals surface area contributed by atoms with Crippen LogP contribution in [0.15, 0.2) is 30.3 Å². The molecule has 1 aromatic carbocycles. The molecule has 200 valence electrons. The van der Waals surface area contributed by atoms with Crippen LogP contribution in [0.5, 0.6) is 0 Å². The number of carboxylic acids is 1. The fraction of sp³-hybridized carbons (Fsp3) is 0.600. The predicted molar refractivity (Wildman–Crippen MR) is 140 cm³/mol. The lowest BCUT2D eigenvalue weighted by molar-refractivity contribution is -0.145. The average molecular weight is 522 g/mol. The van der Waals surface area contributed by atoms with Gasteiger partial charge in [-0.1, -0.05) is 36.8 Å². The summed E-state index contributed by atoms with van der Waals surface area (Å²) in [6, 6.07) is 5.82. The van der Waals surface area contributed by atoms with Gasteiger partial charge in [-0.05, 0) is 56.2 Å². The summed E-state index contributed by atoms with van der Waals surface area (Å²) in [4.78, 5) is 52.5. The summed E-state index contributed by atoms with van der Waals surface area (Å²) in [6.45, 7) is 0.866. The van der Waals surface area contributed by atoms with Crippen LogP contribution in [0.1, 0.15) is 44.1 Å². The molecule has 1 aromatic rings. The molecule has 0 radical (unpaired) electrons. The lowest BCUT2D eigenvalue weighted by Gasteiger charge is -2.30. The van der Waals surface area contributed by atoms with Gasteiger partial charge < -0.3 is 32.1 Å². The van der Waals surface area contributed by atoms with E-state index in [2.05, 4.69) is 10.6 Å². The van der Waals surface area contributed by atoms with Gasteiger partial charge in [0.15, 0.2) is 0 Å². The van der Waals surface area contributed by atoms with E-state index < -0.39 is 42.0 Å². The van der Waals surface area contributed by atoms with Gasteiger partial charge >= 0.3 is 5.97 Å². The summed E-state index contributed by atoms with van der Waals surface area (Å²) in [5.41, 5.74) is 12.4. The molecule has 7 N–H and O–H groups in total. The SMILES string of the molecule is CSCCC(NC(=O)C1CCCN1C(=O)C(Cc1ccccc1)NC(=O)C(N)CCCCN)C(=O)O. The number of amides is 3. The minimum Gasteiger partial charge on any atom is -0.480 e. The van der Waals surface area contributed by atoms with Crippen molar-refractivity contribution >= 4 is 35.5 Å². The molecule has 10 nitrogen and oxygen atoms in total. The van der Waals surface area contributed by atoms with Gasteiger partial charge in [0, 0.05) is 13.0 Å². The fourth-order valence-electron chi connectivity index (χ4n) is 4.23. The Morgan fingerprint density at radius 2 is 1.83 bits per heavy atom. The number of carbonyl (C=O) groups excluding carboxylic acids is 3. The Labute approximate surface area is 216 Å². The monoisotopic (exact) mass is 521 g/mol. The number of hydrogen-bond donors (Lipinski definition) is 5. The normalized spacial score (nSPS) is 17.8. The van der Waals surface area contributed by atoms with Gasteiger partial charge in [-0.2, -0.15) is 11.8 Å². The van der Waals surface area contributed by atoms with Crippen LogP contribution in [0.4, 0.5) is 0 Å². The number of carbonyl (C=O) groups is 4. The van der Waals surface area contributed by atoms with Gasteiger partial charge in [-0.25, -0.2) is 4.79 Å². The molecule has 1 heterocycles. The molecule has 0 aromatic heterocycles. The number of likely N-dealkylation sites (tertiary alicyclic amines) is 1. The Kier molecular flexibility index (Phi) is 12.7. The molecule has 3 amide bonds. The number of nitrogens with zero attached hydrogens (tertiary/aromatic N) is 1. The van der Waals surface area contributed by atoms with Crippen LogP contribution in [0.2, 0.25) is 0 Å². The lowest BCUT2D eigenvalue weighted by Crippen LogP contribution is -2.57. The molecule has 0 saturated carbocycles. The molecular weight excluding hydrogens is 482 g/mol. The molecule has 1 saturated heterocycles. The largest absolute Gasteiger partial charge is 0.480 e. The van der Waals surface area contributed by atoms with E-state index in [1.54, 1.807) is 0 Å². The number of rotatable bonds is 15. The van der Waals surface area contributed by atoms with Crippen LogP contribution in [0.25, 0.3) is 0 Å². The highest BCUT2D eigenvalue weighted by Crippen LogP contribution is 2.20. The van der Waals surface area contributed by atoms with E-state index in [4.69, 9.17) is 11.5 Å². The van der Waals surface area contributed by atoms with Gasteiger partial charge in [-0.15, -0.1) is 0 Å². The zero-order valence-corrected chi connectivity index (χ0v) is 21.7. The molecule has 4 atom stereocenters. The van der Waals surface area contributed by atoms with Gasteiger partial charge in [0.1, 0.15) is 18.1 Å². The van der Waals surface area contributed by atoms with E-state index in [-0.39, 0.29) is 18.7 Å². The Balaban J connectivity index is 2.15. The predicted octanol–water partition coefficient (Wildman–Crippen LogP) is 0.484. The van der Waals surface area contributed by atoms with Crippen molar-refractivity contribution in [2.24, 2.45) is 11.5 Å². The molecule has 11 heteroatoms. The minimum absolute atomic E-state index is 0.247. The second kappa shape index (κ2) is 15.5. The number of nitrogens with two attached hydrogens (primary N) is 2. The van der Waals surface area contributed by atoms with Crippen LogP contribution >= 0.6 is 11.8 Å². The first-order valence-corrected chi connectivity index (χ1v) is 13.8. The van der Waals surface area contributed by atoms with Crippen LogP contribution < -0.4 is 22.1 Å². The number of unbranched alkanes of at least 4 members (excludes halogenated alkanes) is 1. The van der Waals surface area contributed by atoms with Crippen LogP contribution in [0.3, 0.4) is 0 Å². The van der Waals surface area contributed by atoms with Gasteiger partial charge in [0.2, 0.25) is 17.7 Å². The first kappa shape index (κ1) is 29.6. The zero-order valence-electron chi connectivity index (χ0n) is 20.9. The smallest absolute Gasteiger partial charge is 0.326 e. The number of nitrogens with one attached hydrogen (secondary N) is 2. The second-order valence-electron chi connectivity index (χ2n) is 9.01. The van der Waals surface area contributed by atoms with E-state index in [0.717, 1.165) is 12.0 Å². The maximum Gasteiger partial charge on any atom is 0.326 e. The summed E-state index contributed by atoms with van der Waals surface area (Å²) in [5, 5.41) is 14.9. The summed E-state index contributed by atoms with van der Waals surface area (Å²) >= 11 is 1.50. The maximum absolute atomic E-state index is 13.6. The number of thioether (sulfide) groups is 1. The Morgan fingerprint density at radius 1 is 1.11 bits per heavy atom. The first-order valence-electron chi connectivity index (χ1n) is 12.4. The van der Waals surface area contributed by atoms with Crippen molar-refractivity contribution < 1.29 is 24.3 Å². The molecule has 0 aliphatic carbocycles. The quantitative estimate of drug-likeness (QED) is 0.208. The first-order chi connectivity index (χ1) is 17.3. The van der Waals surface area contributed by atoms with Crippen molar-refractivity contribution in [3.63, 3.8) is 0 Å². The van der Waals surface area contributed by atoms with Crippen LogP contribution in [-0.2, 0) is 25.6 Å². The fourth-order valence-corrected chi connectivity index (χ4v) is 4.70. The highest BCUT2D eigenvalue weighted by atomic mass is 32.2. The molecule has 1 aliphatic rings. The summed E-state index contributed by atoms with van der Waals surface area (Å²) in [7, 11) is 0. The van der Waals surface area contributed by atoms with Crippen molar-refractivity contribution in [2.75, 3.05) is 25.1 Å². The molecule has 0 bridgehead atoms. The molecule has 1 aliphatic heterocycles. The number of carboxylic acid groups (broad SMARTS) is 1. The Hall–Kier alpha value is -2.63. The van der Waals surface area contributed by atoms with E-state index >= 15 is 0 Å². The third-order valence-corrected chi connectivity index (χ3v) is 6.91. The van der Waals surface area contributed by atoms with Crippen LogP contribution in [-0.4, -0.2) is 83.0 Å². The summed E-state index contributed by atoms with van der Waals surface area (Å²) in [5.74, 6) is -1.82. The van der Waals surface area contributed by atoms with E-state index in [1.807, 2.05) is 36.6 Å². The Bertz CT molecular complexity index is 872. The van der Waals surface area contributed by atoms with Crippen molar-refractivity contribution in [3.8, 4) is 0 Å². The minimum atomic E-state index is -1.11. The van der Waals surface area contributed by atoms with Crippen molar-refractivity contribution in [2.45, 2.75) is 69.1 Å². The van der Waals surface area contributed by atoms with E-state index in [9.17, 15) is 24.3 Å². The lowest BCUT2D eigenvalue weighted by atomic mass is 10.0. The average Bonchev–Trinajstić information content (AvgIpc) is 3.36. The standard InChI is InChI=1S/C25H39N5O5S/c1-36-15-12-19(25(34)35)28-23(32)21-11-7-14-30(21)24(33)20(16-17-8-3-2-4-9-17)29-22(31)18(27)10-5-6-13-26/h2-4,8-9,18-21H,5-7,10-16,26-27H2,1H3,(H,28,32)(H,29,31)(H,34,35). The molecular formula is C25H39N5O5S. The second-order valence-corrected chi connectivity index (χ2v) is 10.00. The summed E-state index contributed by atoms with van der Waals surface area (Å²) in [6.07, 6.45) is 5.35. The van der Waals surface area contributed by atoms with Crippen molar-refractivity contribution in [1.82, 2.24) is 15.5 Å².